The van der Waals surface area contributed by atoms with Crippen molar-refractivity contribution < 1.29 is 4.79 Å². The van der Waals surface area contributed by atoms with Crippen LogP contribution < -0.4 is 11.3 Å². The molecule has 1 unspecified atom stereocenters. The lowest BCUT2D eigenvalue weighted by Crippen LogP contribution is -2.44. The first-order valence-corrected chi connectivity index (χ1v) is 7.09. The molecule has 1 fully saturated rings. The highest BCUT2D eigenvalue weighted by atomic mass is 16.2. The summed E-state index contributed by atoms with van der Waals surface area (Å²) in [4.78, 5) is 16.3. The lowest BCUT2D eigenvalue weighted by Gasteiger charge is -2.36. The first-order chi connectivity index (χ1) is 9.60. The van der Waals surface area contributed by atoms with Crippen molar-refractivity contribution in [3.05, 3.63) is 35.4 Å². The molecule has 0 aliphatic carbocycles. The van der Waals surface area contributed by atoms with Gasteiger partial charge in [-0.05, 0) is 51.2 Å². The second-order valence-electron chi connectivity index (χ2n) is 5.67. The number of nitrogens with zero attached hydrogens (tertiary/aromatic N) is 2. The molecule has 1 aromatic carbocycles. The number of benzene rings is 1. The smallest absolute Gasteiger partial charge is 0.265 e. The van der Waals surface area contributed by atoms with Gasteiger partial charge in [0, 0.05) is 24.7 Å². The number of rotatable bonds is 4. The maximum Gasteiger partial charge on any atom is 0.265 e. The van der Waals surface area contributed by atoms with Crippen LogP contribution in [0.15, 0.2) is 24.3 Å². The van der Waals surface area contributed by atoms with Crippen molar-refractivity contribution in [2.75, 3.05) is 27.2 Å². The zero-order valence-electron chi connectivity index (χ0n) is 12.3. The maximum atomic E-state index is 11.5. The number of hydrogen-bond acceptors (Lipinski definition) is 4. The van der Waals surface area contributed by atoms with Gasteiger partial charge in [0.1, 0.15) is 0 Å². The predicted octanol–water partition coefficient (Wildman–Crippen LogP) is 0.816. The van der Waals surface area contributed by atoms with Crippen LogP contribution in [0.3, 0.4) is 0 Å². The molecule has 3 N–H and O–H groups in total. The molecule has 0 spiro atoms. The molecule has 1 atom stereocenters. The lowest BCUT2D eigenvalue weighted by atomic mass is 10.0. The Morgan fingerprint density at radius 1 is 1.50 bits per heavy atom. The molecule has 1 aliphatic rings. The Kier molecular flexibility index (Phi) is 5.11. The van der Waals surface area contributed by atoms with Crippen molar-refractivity contribution in [2.24, 2.45) is 5.84 Å². The molecular weight excluding hydrogens is 252 g/mol. The third-order valence-electron chi connectivity index (χ3n) is 3.94. The Morgan fingerprint density at radius 2 is 2.30 bits per heavy atom. The molecular formula is C15H24N4O. The van der Waals surface area contributed by atoms with Gasteiger partial charge in [0.15, 0.2) is 0 Å². The molecule has 110 valence electrons. The first kappa shape index (κ1) is 15.0. The second kappa shape index (κ2) is 6.83. The second-order valence-corrected chi connectivity index (χ2v) is 5.67. The molecule has 5 heteroatoms. The van der Waals surface area contributed by atoms with E-state index < -0.39 is 0 Å². The Morgan fingerprint density at radius 3 is 3.00 bits per heavy atom. The van der Waals surface area contributed by atoms with Crippen LogP contribution in [0.25, 0.3) is 0 Å². The van der Waals surface area contributed by atoms with E-state index in [1.54, 1.807) is 6.07 Å². The van der Waals surface area contributed by atoms with Gasteiger partial charge in [-0.1, -0.05) is 12.1 Å². The van der Waals surface area contributed by atoms with Crippen molar-refractivity contribution in [1.29, 1.82) is 0 Å². The van der Waals surface area contributed by atoms with E-state index in [2.05, 4.69) is 35.4 Å². The van der Waals surface area contributed by atoms with Gasteiger partial charge in [0.05, 0.1) is 0 Å². The molecule has 0 saturated carbocycles. The Balaban J connectivity index is 2.01. The molecule has 1 saturated heterocycles. The molecule has 5 nitrogen and oxygen atoms in total. The molecule has 0 radical (unpaired) electrons. The quantitative estimate of drug-likeness (QED) is 0.485. The Hall–Kier alpha value is -1.43. The predicted molar refractivity (Wildman–Crippen MR) is 80.1 cm³/mol. The minimum absolute atomic E-state index is 0.239. The van der Waals surface area contributed by atoms with E-state index in [4.69, 9.17) is 5.84 Å². The summed E-state index contributed by atoms with van der Waals surface area (Å²) >= 11 is 0. The summed E-state index contributed by atoms with van der Waals surface area (Å²) in [5.41, 5.74) is 3.95. The minimum atomic E-state index is -0.239. The summed E-state index contributed by atoms with van der Waals surface area (Å²) in [6, 6.07) is 8.30. The number of likely N-dealkylation sites (tertiary alicyclic amines) is 1. The average Bonchev–Trinajstić information content (AvgIpc) is 2.47. The highest BCUT2D eigenvalue weighted by Gasteiger charge is 2.21. The number of nitrogens with one attached hydrogen (secondary N) is 1. The van der Waals surface area contributed by atoms with Crippen molar-refractivity contribution in [1.82, 2.24) is 15.2 Å². The van der Waals surface area contributed by atoms with Crippen LogP contribution in [0.4, 0.5) is 0 Å². The van der Waals surface area contributed by atoms with Gasteiger partial charge in [-0.2, -0.15) is 0 Å². The maximum absolute atomic E-state index is 11.5. The minimum Gasteiger partial charge on any atom is -0.305 e. The van der Waals surface area contributed by atoms with Crippen molar-refractivity contribution in [2.45, 2.75) is 25.4 Å². The van der Waals surface area contributed by atoms with Gasteiger partial charge >= 0.3 is 0 Å². The van der Waals surface area contributed by atoms with E-state index in [0.717, 1.165) is 25.2 Å². The average molecular weight is 276 g/mol. The van der Waals surface area contributed by atoms with E-state index >= 15 is 0 Å². The molecule has 1 aliphatic heterocycles. The highest BCUT2D eigenvalue weighted by molar-refractivity contribution is 5.93. The number of hydrogen-bond donors (Lipinski definition) is 2. The largest absolute Gasteiger partial charge is 0.305 e. The number of likely N-dealkylation sites (N-methyl/N-ethyl adjacent to an activating group) is 1. The van der Waals surface area contributed by atoms with Crippen molar-refractivity contribution in [3.63, 3.8) is 0 Å². The van der Waals surface area contributed by atoms with E-state index in [1.807, 2.05) is 12.1 Å². The first-order valence-electron chi connectivity index (χ1n) is 7.09. The fraction of sp³-hybridized carbons (Fsp3) is 0.533. The highest BCUT2D eigenvalue weighted by Crippen LogP contribution is 2.17. The van der Waals surface area contributed by atoms with Gasteiger partial charge in [0.25, 0.3) is 5.91 Å². The third kappa shape index (κ3) is 3.79. The summed E-state index contributed by atoms with van der Waals surface area (Å²) in [6.45, 7) is 3.09. The number of hydrazine groups is 1. The Bertz CT molecular complexity index is 461. The van der Waals surface area contributed by atoms with Crippen LogP contribution in [0.5, 0.6) is 0 Å². The van der Waals surface area contributed by atoms with Gasteiger partial charge in [0.2, 0.25) is 0 Å². The fourth-order valence-electron chi connectivity index (χ4n) is 2.75. The summed E-state index contributed by atoms with van der Waals surface area (Å²) in [7, 11) is 4.28. The van der Waals surface area contributed by atoms with Gasteiger partial charge in [-0.3, -0.25) is 15.1 Å². The van der Waals surface area contributed by atoms with E-state index in [-0.39, 0.29) is 5.91 Å². The zero-order chi connectivity index (χ0) is 14.5. The summed E-state index contributed by atoms with van der Waals surface area (Å²) in [6.07, 6.45) is 2.49. The van der Waals surface area contributed by atoms with Crippen LogP contribution in [0.1, 0.15) is 28.8 Å². The molecule has 0 aromatic heterocycles. The van der Waals surface area contributed by atoms with E-state index in [9.17, 15) is 4.79 Å². The molecule has 2 rings (SSSR count). The number of carbonyl (C=O) groups excluding carboxylic acids is 1. The number of amides is 1. The topological polar surface area (TPSA) is 61.6 Å². The van der Waals surface area contributed by atoms with Crippen LogP contribution in [-0.2, 0) is 6.54 Å². The zero-order valence-corrected chi connectivity index (χ0v) is 12.3. The van der Waals surface area contributed by atoms with Crippen LogP contribution in [0, 0.1) is 0 Å². The summed E-state index contributed by atoms with van der Waals surface area (Å²) < 4.78 is 0. The Labute approximate surface area is 120 Å². The van der Waals surface area contributed by atoms with Gasteiger partial charge in [-0.25, -0.2) is 5.84 Å². The van der Waals surface area contributed by atoms with Crippen LogP contribution in [0.2, 0.25) is 0 Å². The van der Waals surface area contributed by atoms with E-state index in [1.165, 1.54) is 12.8 Å². The van der Waals surface area contributed by atoms with Gasteiger partial charge in [-0.15, -0.1) is 0 Å². The number of piperidine rings is 1. The SMILES string of the molecule is CN(C)C1CCCN(Cc2cccc(C(=O)NN)c2)C1. The summed E-state index contributed by atoms with van der Waals surface area (Å²) in [5, 5.41) is 0. The fourth-order valence-corrected chi connectivity index (χ4v) is 2.75. The standard InChI is InChI=1S/C15H24N4O/c1-18(2)14-7-4-8-19(11-14)10-12-5-3-6-13(9-12)15(20)17-16/h3,5-6,9,14H,4,7-8,10-11,16H2,1-2H3,(H,17,20). The molecule has 1 heterocycles. The molecule has 20 heavy (non-hydrogen) atoms. The van der Waals surface area contributed by atoms with Crippen LogP contribution >= 0.6 is 0 Å². The lowest BCUT2D eigenvalue weighted by molar-refractivity contribution is 0.0953. The van der Waals surface area contributed by atoms with Crippen molar-refractivity contribution in [3.8, 4) is 0 Å². The van der Waals surface area contributed by atoms with Crippen LogP contribution in [-0.4, -0.2) is 48.9 Å². The monoisotopic (exact) mass is 276 g/mol. The van der Waals surface area contributed by atoms with E-state index in [0.29, 0.717) is 11.6 Å². The molecule has 1 aromatic rings. The normalized spacial score (nSPS) is 20.1. The van der Waals surface area contributed by atoms with Gasteiger partial charge < -0.3 is 4.90 Å². The number of nitrogens with two attached hydrogens (primary N) is 1. The molecule has 0 bridgehead atoms. The number of carbonyl (C=O) groups is 1. The van der Waals surface area contributed by atoms with Crippen molar-refractivity contribution >= 4 is 5.91 Å². The third-order valence-corrected chi connectivity index (χ3v) is 3.94. The molecule has 1 amide bonds. The summed E-state index contributed by atoms with van der Waals surface area (Å²) in [5.74, 6) is 4.94. The number of nitrogen functional groups attached to an aromatic ring is 1.